The van der Waals surface area contributed by atoms with Gasteiger partial charge in [0.2, 0.25) is 9.84 Å². The Morgan fingerprint density at radius 3 is 2.47 bits per heavy atom. The normalized spacial score (nSPS) is 11.3. The molecule has 0 fully saturated rings. The Morgan fingerprint density at radius 2 is 1.93 bits per heavy atom. The van der Waals surface area contributed by atoms with Gasteiger partial charge in [-0.25, -0.2) is 12.8 Å². The summed E-state index contributed by atoms with van der Waals surface area (Å²) >= 11 is 0. The summed E-state index contributed by atoms with van der Waals surface area (Å²) in [5.74, 6) is -1.16. The first kappa shape index (κ1) is 11.6. The summed E-state index contributed by atoms with van der Waals surface area (Å²) in [5.41, 5.74) is 0.0997. The lowest BCUT2D eigenvalue weighted by Gasteiger charge is -2.05. The second-order valence-electron chi connectivity index (χ2n) is 2.90. The van der Waals surface area contributed by atoms with Gasteiger partial charge in [0.05, 0.1) is 11.3 Å². The molecule has 1 N–H and O–H groups in total. The monoisotopic (exact) mass is 232 g/mol. The zero-order chi connectivity index (χ0) is 11.5. The maximum Gasteiger partial charge on any atom is 0.307 e. The Kier molecular flexibility index (Phi) is 3.41. The Bertz CT molecular complexity index is 467. The summed E-state index contributed by atoms with van der Waals surface area (Å²) < 4.78 is 34.7. The van der Waals surface area contributed by atoms with Crippen molar-refractivity contribution in [2.24, 2.45) is 0 Å². The number of halogens is 1. The number of alkyl halides is 1. The van der Waals surface area contributed by atoms with Gasteiger partial charge in [0.15, 0.2) is 6.01 Å². The van der Waals surface area contributed by atoms with E-state index in [2.05, 4.69) is 0 Å². The molecule has 4 nitrogen and oxygen atoms in total. The van der Waals surface area contributed by atoms with Crippen LogP contribution in [0, 0.1) is 0 Å². The highest BCUT2D eigenvalue weighted by Crippen LogP contribution is 2.17. The molecule has 82 valence electrons. The van der Waals surface area contributed by atoms with Crippen LogP contribution in [0.2, 0.25) is 0 Å². The van der Waals surface area contributed by atoms with Gasteiger partial charge in [-0.05, 0) is 11.6 Å². The lowest BCUT2D eigenvalue weighted by molar-refractivity contribution is -0.136. The zero-order valence-corrected chi connectivity index (χ0v) is 8.50. The summed E-state index contributed by atoms with van der Waals surface area (Å²) in [6, 6.07) is 3.97. The van der Waals surface area contributed by atoms with Gasteiger partial charge in [0.25, 0.3) is 0 Å². The number of carboxylic acids is 1. The molecule has 0 radical (unpaired) electrons. The number of carbonyl (C=O) groups is 1. The van der Waals surface area contributed by atoms with E-state index in [0.717, 1.165) is 0 Å². The first-order valence-electron chi connectivity index (χ1n) is 4.06. The molecule has 1 aromatic carbocycles. The summed E-state index contributed by atoms with van der Waals surface area (Å²) in [5, 5.41) is 8.54. The van der Waals surface area contributed by atoms with E-state index in [1.807, 2.05) is 0 Å². The largest absolute Gasteiger partial charge is 0.481 e. The van der Waals surface area contributed by atoms with Gasteiger partial charge in [-0.15, -0.1) is 0 Å². The molecule has 0 atom stereocenters. The minimum Gasteiger partial charge on any atom is -0.481 e. The minimum atomic E-state index is -4.00. The van der Waals surface area contributed by atoms with Crippen LogP contribution in [0.25, 0.3) is 0 Å². The summed E-state index contributed by atoms with van der Waals surface area (Å²) in [7, 11) is -4.00. The van der Waals surface area contributed by atoms with Crippen molar-refractivity contribution in [3.63, 3.8) is 0 Å². The van der Waals surface area contributed by atoms with Gasteiger partial charge in [0.1, 0.15) is 0 Å². The highest BCUT2D eigenvalue weighted by Gasteiger charge is 2.18. The summed E-state index contributed by atoms with van der Waals surface area (Å²) in [4.78, 5) is 10.2. The van der Waals surface area contributed by atoms with E-state index in [1.165, 1.54) is 24.3 Å². The molecule has 0 aromatic heterocycles. The zero-order valence-electron chi connectivity index (χ0n) is 7.68. The smallest absolute Gasteiger partial charge is 0.307 e. The first-order chi connectivity index (χ1) is 6.97. The minimum absolute atomic E-state index is 0.0997. The topological polar surface area (TPSA) is 71.4 Å². The highest BCUT2D eigenvalue weighted by atomic mass is 32.2. The third-order valence-corrected chi connectivity index (χ3v) is 3.15. The van der Waals surface area contributed by atoms with E-state index in [0.29, 0.717) is 0 Å². The summed E-state index contributed by atoms with van der Waals surface area (Å²) in [6.07, 6.45) is -0.435. The van der Waals surface area contributed by atoms with Crippen molar-refractivity contribution in [1.82, 2.24) is 0 Å². The molecule has 0 spiro atoms. The van der Waals surface area contributed by atoms with Gasteiger partial charge < -0.3 is 5.11 Å². The van der Waals surface area contributed by atoms with Crippen LogP contribution in [0.4, 0.5) is 4.39 Å². The van der Waals surface area contributed by atoms with Gasteiger partial charge in [0, 0.05) is 0 Å². The average Bonchev–Trinajstić information content (AvgIpc) is 2.17. The lowest BCUT2D eigenvalue weighted by atomic mass is 10.1. The van der Waals surface area contributed by atoms with Crippen molar-refractivity contribution in [3.8, 4) is 0 Å². The Labute approximate surface area is 86.3 Å². The van der Waals surface area contributed by atoms with Gasteiger partial charge in [-0.2, -0.15) is 0 Å². The van der Waals surface area contributed by atoms with E-state index in [-0.39, 0.29) is 10.5 Å². The van der Waals surface area contributed by atoms with Crippen molar-refractivity contribution in [2.45, 2.75) is 11.3 Å². The molecule has 0 aliphatic carbocycles. The van der Waals surface area contributed by atoms with Crippen molar-refractivity contribution in [1.29, 1.82) is 0 Å². The Hall–Kier alpha value is -1.43. The second kappa shape index (κ2) is 4.39. The predicted molar refractivity (Wildman–Crippen MR) is 50.9 cm³/mol. The van der Waals surface area contributed by atoms with Crippen LogP contribution in [0.15, 0.2) is 29.2 Å². The third kappa shape index (κ3) is 2.76. The van der Waals surface area contributed by atoms with Crippen molar-refractivity contribution < 1.29 is 22.7 Å². The quantitative estimate of drug-likeness (QED) is 0.841. The average molecular weight is 232 g/mol. The van der Waals surface area contributed by atoms with E-state index in [4.69, 9.17) is 5.11 Å². The molecule has 15 heavy (non-hydrogen) atoms. The number of carboxylic acid groups (broad SMARTS) is 1. The van der Waals surface area contributed by atoms with Crippen LogP contribution in [-0.4, -0.2) is 25.5 Å². The van der Waals surface area contributed by atoms with E-state index in [1.54, 1.807) is 0 Å². The molecule has 0 unspecified atom stereocenters. The molecule has 1 aromatic rings. The van der Waals surface area contributed by atoms with Crippen LogP contribution < -0.4 is 0 Å². The number of benzene rings is 1. The van der Waals surface area contributed by atoms with Crippen molar-refractivity contribution in [2.75, 3.05) is 6.01 Å². The highest BCUT2D eigenvalue weighted by molar-refractivity contribution is 7.91. The molecule has 0 aliphatic heterocycles. The maximum atomic E-state index is 12.2. The van der Waals surface area contributed by atoms with E-state index >= 15 is 0 Å². The fraction of sp³-hybridized carbons (Fsp3) is 0.222. The van der Waals surface area contributed by atoms with Crippen LogP contribution in [0.1, 0.15) is 5.56 Å². The van der Waals surface area contributed by atoms with Gasteiger partial charge >= 0.3 is 5.97 Å². The van der Waals surface area contributed by atoms with Crippen molar-refractivity contribution in [3.05, 3.63) is 29.8 Å². The van der Waals surface area contributed by atoms with E-state index < -0.39 is 28.2 Å². The number of rotatable bonds is 4. The number of aliphatic carboxylic acids is 1. The lowest BCUT2D eigenvalue weighted by Crippen LogP contribution is -2.09. The first-order valence-corrected chi connectivity index (χ1v) is 5.71. The van der Waals surface area contributed by atoms with E-state index in [9.17, 15) is 17.6 Å². The SMILES string of the molecule is O=C(O)Cc1ccccc1S(=O)(=O)CF. The molecule has 0 heterocycles. The fourth-order valence-electron chi connectivity index (χ4n) is 1.17. The van der Waals surface area contributed by atoms with Crippen LogP contribution in [-0.2, 0) is 21.1 Å². The standard InChI is InChI=1S/C9H9FO4S/c10-6-15(13,14)8-4-2-1-3-7(8)5-9(11)12/h1-4H,5-6H2,(H,11,12). The Balaban J connectivity index is 3.24. The van der Waals surface area contributed by atoms with Crippen LogP contribution in [0.5, 0.6) is 0 Å². The maximum absolute atomic E-state index is 12.2. The number of hydrogen-bond acceptors (Lipinski definition) is 3. The summed E-state index contributed by atoms with van der Waals surface area (Å²) in [6.45, 7) is 0. The molecule has 1 rings (SSSR count). The molecule has 0 aliphatic rings. The van der Waals surface area contributed by atoms with Crippen LogP contribution in [0.3, 0.4) is 0 Å². The molecule has 0 amide bonds. The van der Waals surface area contributed by atoms with Crippen LogP contribution >= 0.6 is 0 Å². The molecular formula is C9H9FO4S. The Morgan fingerprint density at radius 1 is 1.33 bits per heavy atom. The van der Waals surface area contributed by atoms with Gasteiger partial charge in [-0.1, -0.05) is 18.2 Å². The number of hydrogen-bond donors (Lipinski definition) is 1. The van der Waals surface area contributed by atoms with Gasteiger partial charge in [-0.3, -0.25) is 4.79 Å². The predicted octanol–water partition coefficient (Wildman–Crippen LogP) is 1.01. The molecule has 0 saturated carbocycles. The fourth-order valence-corrected chi connectivity index (χ4v) is 2.12. The molecular weight excluding hydrogens is 223 g/mol. The third-order valence-electron chi connectivity index (χ3n) is 1.79. The number of sulfone groups is 1. The molecule has 0 bridgehead atoms. The molecule has 0 saturated heterocycles. The van der Waals surface area contributed by atoms with Crippen molar-refractivity contribution >= 4 is 15.8 Å². The molecule has 6 heteroatoms. The second-order valence-corrected chi connectivity index (χ2v) is 4.79.